The summed E-state index contributed by atoms with van der Waals surface area (Å²) in [6.45, 7) is 6.42. The highest BCUT2D eigenvalue weighted by atomic mass is 32.2. The van der Waals surface area contributed by atoms with Gasteiger partial charge in [-0.05, 0) is 49.0 Å². The van der Waals surface area contributed by atoms with E-state index in [1.165, 1.54) is 0 Å². The highest BCUT2D eigenvalue weighted by Crippen LogP contribution is 2.18. The lowest BCUT2D eigenvalue weighted by atomic mass is 10.0. The van der Waals surface area contributed by atoms with E-state index in [0.717, 1.165) is 29.1 Å². The van der Waals surface area contributed by atoms with Gasteiger partial charge >= 0.3 is 5.97 Å². The largest absolute Gasteiger partial charge is 0.462 e. The topological polar surface area (TPSA) is 52.3 Å². The molecule has 0 amide bonds. The van der Waals surface area contributed by atoms with Crippen molar-refractivity contribution < 1.29 is 9.53 Å². The standard InChI is InChI=1S/C14H21NO2S/c1-4-18-7-5-6-17-14(16)12-9-13(15)11(3)8-10(12)2/h8-9H,4-7,15H2,1-3H3. The van der Waals surface area contributed by atoms with E-state index in [2.05, 4.69) is 6.92 Å². The normalized spacial score (nSPS) is 10.4. The van der Waals surface area contributed by atoms with Gasteiger partial charge in [-0.1, -0.05) is 13.0 Å². The van der Waals surface area contributed by atoms with Crippen molar-refractivity contribution in [2.24, 2.45) is 0 Å². The van der Waals surface area contributed by atoms with Crippen LogP contribution in [0.2, 0.25) is 0 Å². The first-order chi connectivity index (χ1) is 8.56. The van der Waals surface area contributed by atoms with Crippen molar-refractivity contribution in [1.82, 2.24) is 0 Å². The summed E-state index contributed by atoms with van der Waals surface area (Å²) >= 11 is 1.85. The third kappa shape index (κ3) is 4.26. The lowest BCUT2D eigenvalue weighted by molar-refractivity contribution is 0.0505. The molecule has 0 saturated carbocycles. The fraction of sp³-hybridized carbons (Fsp3) is 0.500. The Bertz CT molecular complexity index is 419. The average molecular weight is 267 g/mol. The van der Waals surface area contributed by atoms with Gasteiger partial charge in [0.05, 0.1) is 12.2 Å². The molecule has 1 rings (SSSR count). The minimum Gasteiger partial charge on any atom is -0.462 e. The summed E-state index contributed by atoms with van der Waals surface area (Å²) in [7, 11) is 0. The number of ether oxygens (including phenoxy) is 1. The van der Waals surface area contributed by atoms with Gasteiger partial charge in [-0.3, -0.25) is 0 Å². The minimum atomic E-state index is -0.277. The zero-order chi connectivity index (χ0) is 13.5. The number of hydrogen-bond donors (Lipinski definition) is 1. The molecule has 100 valence electrons. The van der Waals surface area contributed by atoms with E-state index in [9.17, 15) is 4.79 Å². The summed E-state index contributed by atoms with van der Waals surface area (Å²) in [5, 5.41) is 0. The molecule has 0 fully saturated rings. The number of benzene rings is 1. The second-order valence-corrected chi connectivity index (χ2v) is 5.60. The van der Waals surface area contributed by atoms with E-state index in [-0.39, 0.29) is 5.97 Å². The third-order valence-electron chi connectivity index (χ3n) is 2.70. The van der Waals surface area contributed by atoms with Gasteiger partial charge < -0.3 is 10.5 Å². The highest BCUT2D eigenvalue weighted by Gasteiger charge is 2.12. The summed E-state index contributed by atoms with van der Waals surface area (Å²) in [4.78, 5) is 11.9. The number of nitrogen functional groups attached to an aromatic ring is 1. The van der Waals surface area contributed by atoms with E-state index < -0.39 is 0 Å². The molecule has 3 nitrogen and oxygen atoms in total. The predicted octanol–water partition coefficient (Wildman–Crippen LogP) is 3.19. The van der Waals surface area contributed by atoms with Crippen LogP contribution in [0, 0.1) is 13.8 Å². The van der Waals surface area contributed by atoms with Crippen LogP contribution in [0.3, 0.4) is 0 Å². The Morgan fingerprint density at radius 3 is 2.72 bits per heavy atom. The smallest absolute Gasteiger partial charge is 0.338 e. The molecule has 0 aliphatic rings. The number of thioether (sulfide) groups is 1. The van der Waals surface area contributed by atoms with Crippen LogP contribution in [0.15, 0.2) is 12.1 Å². The van der Waals surface area contributed by atoms with Crippen molar-refractivity contribution in [1.29, 1.82) is 0 Å². The van der Waals surface area contributed by atoms with E-state index in [1.54, 1.807) is 6.07 Å². The van der Waals surface area contributed by atoms with Crippen LogP contribution in [0.25, 0.3) is 0 Å². The Morgan fingerprint density at radius 2 is 2.06 bits per heavy atom. The van der Waals surface area contributed by atoms with Gasteiger partial charge in [-0.2, -0.15) is 11.8 Å². The summed E-state index contributed by atoms with van der Waals surface area (Å²) in [6, 6.07) is 3.62. The molecule has 0 aliphatic heterocycles. The van der Waals surface area contributed by atoms with E-state index >= 15 is 0 Å². The van der Waals surface area contributed by atoms with Crippen LogP contribution in [-0.4, -0.2) is 24.1 Å². The number of aryl methyl sites for hydroxylation is 2. The molecule has 0 bridgehead atoms. The van der Waals surface area contributed by atoms with Crippen LogP contribution >= 0.6 is 11.8 Å². The SMILES string of the molecule is CCSCCCOC(=O)c1cc(N)c(C)cc1C. The zero-order valence-corrected chi connectivity index (χ0v) is 12.1. The number of anilines is 1. The average Bonchev–Trinajstić information content (AvgIpc) is 2.33. The molecule has 2 N–H and O–H groups in total. The molecule has 4 heteroatoms. The molecule has 18 heavy (non-hydrogen) atoms. The van der Waals surface area contributed by atoms with Gasteiger partial charge in [-0.25, -0.2) is 4.79 Å². The number of carbonyl (C=O) groups excluding carboxylic acids is 1. The number of esters is 1. The van der Waals surface area contributed by atoms with Gasteiger partial charge in [0, 0.05) is 5.69 Å². The molecular weight excluding hydrogens is 246 g/mol. The van der Waals surface area contributed by atoms with Gasteiger partial charge in [0.25, 0.3) is 0 Å². The lowest BCUT2D eigenvalue weighted by Crippen LogP contribution is -2.10. The first kappa shape index (κ1) is 14.9. The fourth-order valence-electron chi connectivity index (χ4n) is 1.64. The van der Waals surface area contributed by atoms with Crippen LogP contribution in [0.5, 0.6) is 0 Å². The van der Waals surface area contributed by atoms with Crippen LogP contribution in [-0.2, 0) is 4.74 Å². The van der Waals surface area contributed by atoms with Gasteiger partial charge in [0.15, 0.2) is 0 Å². The molecule has 0 unspecified atom stereocenters. The quantitative estimate of drug-likeness (QED) is 0.488. The zero-order valence-electron chi connectivity index (χ0n) is 11.3. The second-order valence-electron chi connectivity index (χ2n) is 4.21. The maximum absolute atomic E-state index is 11.9. The second kappa shape index (κ2) is 7.31. The van der Waals surface area contributed by atoms with E-state index in [4.69, 9.17) is 10.5 Å². The summed E-state index contributed by atoms with van der Waals surface area (Å²) in [6.07, 6.45) is 0.893. The Balaban J connectivity index is 2.54. The molecule has 1 aromatic rings. The molecule has 0 radical (unpaired) electrons. The molecule has 1 aromatic carbocycles. The molecule has 0 aliphatic carbocycles. The number of hydrogen-bond acceptors (Lipinski definition) is 4. The van der Waals surface area contributed by atoms with Crippen molar-refractivity contribution in [3.63, 3.8) is 0 Å². The first-order valence-electron chi connectivity index (χ1n) is 6.17. The van der Waals surface area contributed by atoms with Crippen molar-refractivity contribution in [3.05, 3.63) is 28.8 Å². The Hall–Kier alpha value is -1.16. The third-order valence-corrected chi connectivity index (χ3v) is 3.69. The molecular formula is C14H21NO2S. The molecule has 0 heterocycles. The van der Waals surface area contributed by atoms with Crippen molar-refractivity contribution in [3.8, 4) is 0 Å². The van der Waals surface area contributed by atoms with Crippen molar-refractivity contribution >= 4 is 23.4 Å². The summed E-state index contributed by atoms with van der Waals surface area (Å²) in [5.74, 6) is 1.85. The number of rotatable bonds is 6. The van der Waals surface area contributed by atoms with Crippen molar-refractivity contribution in [2.75, 3.05) is 23.8 Å². The lowest BCUT2D eigenvalue weighted by Gasteiger charge is -2.09. The monoisotopic (exact) mass is 267 g/mol. The summed E-state index contributed by atoms with van der Waals surface area (Å²) in [5.41, 5.74) is 8.92. The first-order valence-corrected chi connectivity index (χ1v) is 7.33. The van der Waals surface area contributed by atoms with Crippen LogP contribution in [0.4, 0.5) is 5.69 Å². The number of carbonyl (C=O) groups is 1. The van der Waals surface area contributed by atoms with Crippen molar-refractivity contribution in [2.45, 2.75) is 27.2 Å². The van der Waals surface area contributed by atoms with E-state index in [0.29, 0.717) is 17.9 Å². The Kier molecular flexibility index (Phi) is 6.05. The van der Waals surface area contributed by atoms with Crippen LogP contribution < -0.4 is 5.73 Å². The highest BCUT2D eigenvalue weighted by molar-refractivity contribution is 7.99. The molecule has 0 aromatic heterocycles. The maximum Gasteiger partial charge on any atom is 0.338 e. The fourth-order valence-corrected chi connectivity index (χ4v) is 2.25. The Morgan fingerprint density at radius 1 is 1.33 bits per heavy atom. The van der Waals surface area contributed by atoms with E-state index in [1.807, 2.05) is 31.7 Å². The Labute approximate surface area is 113 Å². The van der Waals surface area contributed by atoms with Crippen LogP contribution in [0.1, 0.15) is 34.8 Å². The minimum absolute atomic E-state index is 0.277. The molecule has 0 saturated heterocycles. The number of nitrogens with two attached hydrogens (primary N) is 1. The summed E-state index contributed by atoms with van der Waals surface area (Å²) < 4.78 is 5.24. The maximum atomic E-state index is 11.9. The van der Waals surface area contributed by atoms with Gasteiger partial charge in [-0.15, -0.1) is 0 Å². The molecule has 0 spiro atoms. The predicted molar refractivity (Wildman–Crippen MR) is 78.2 cm³/mol. The van der Waals surface area contributed by atoms with Gasteiger partial charge in [0.2, 0.25) is 0 Å². The molecule has 0 atom stereocenters. The van der Waals surface area contributed by atoms with Gasteiger partial charge in [0.1, 0.15) is 0 Å².